The van der Waals surface area contributed by atoms with Crippen molar-refractivity contribution in [3.05, 3.63) is 300 Å². The molecule has 9 aromatic rings. The lowest BCUT2D eigenvalue weighted by molar-refractivity contribution is -0.146. The number of nitrogens with zero attached hydrogens (tertiary/aromatic N) is 10. The highest BCUT2D eigenvalue weighted by molar-refractivity contribution is 6.35. The van der Waals surface area contributed by atoms with Crippen molar-refractivity contribution in [2.24, 2.45) is 17.2 Å². The van der Waals surface area contributed by atoms with Gasteiger partial charge in [-0.05, 0) is 205 Å². The molecule has 696 valence electrons. The smallest absolute Gasteiger partial charge is 0.246 e. The zero-order valence-corrected chi connectivity index (χ0v) is 75.9. The molecule has 0 aliphatic carbocycles. The van der Waals surface area contributed by atoms with Gasteiger partial charge in [-0.2, -0.15) is 0 Å². The van der Waals surface area contributed by atoms with E-state index in [0.717, 1.165) is 44.5 Å². The molecule has 132 heavy (non-hydrogen) atoms. The van der Waals surface area contributed by atoms with E-state index in [0.29, 0.717) is 95.1 Å². The van der Waals surface area contributed by atoms with Gasteiger partial charge in [-0.25, -0.2) is 17.6 Å². The van der Waals surface area contributed by atoms with Gasteiger partial charge in [0.05, 0.1) is 72.8 Å². The van der Waals surface area contributed by atoms with Crippen LogP contribution in [0, 0.1) is 23.3 Å². The molecule has 0 spiro atoms. The van der Waals surface area contributed by atoms with Crippen molar-refractivity contribution in [3.8, 4) is 11.5 Å². The van der Waals surface area contributed by atoms with E-state index in [9.17, 15) is 75.1 Å². The van der Waals surface area contributed by atoms with E-state index in [1.54, 1.807) is 142 Å². The molecule has 3 fully saturated rings. The normalized spacial score (nSPS) is 15.2. The number of methoxy groups -OCH3 is 2. The van der Waals surface area contributed by atoms with Gasteiger partial charge in [0, 0.05) is 97.3 Å². The van der Waals surface area contributed by atoms with Gasteiger partial charge < -0.3 is 70.8 Å². The van der Waals surface area contributed by atoms with Crippen LogP contribution in [0.1, 0.15) is 69.5 Å². The average molecular weight is 1890 g/mol. The van der Waals surface area contributed by atoms with Crippen molar-refractivity contribution >= 4 is 117 Å². The Labute approximate surface area is 782 Å². The minimum atomic E-state index is -1.17. The summed E-state index contributed by atoms with van der Waals surface area (Å²) in [5, 5.41) is 1.86. The number of amides is 12. The lowest BCUT2D eigenvalue weighted by Gasteiger charge is -2.33. The second kappa shape index (κ2) is 49.9. The van der Waals surface area contributed by atoms with Crippen molar-refractivity contribution in [1.82, 2.24) is 49.1 Å². The van der Waals surface area contributed by atoms with Crippen molar-refractivity contribution < 1.29 is 84.6 Å². The van der Waals surface area contributed by atoms with Gasteiger partial charge in [0.1, 0.15) is 52.9 Å². The van der Waals surface area contributed by atoms with E-state index < -0.39 is 88.8 Å². The van der Waals surface area contributed by atoms with E-state index in [4.69, 9.17) is 73.1 Å². The molecule has 12 rings (SSSR count). The van der Waals surface area contributed by atoms with Crippen molar-refractivity contribution in [2.75, 3.05) is 112 Å². The maximum absolute atomic E-state index is 14.1. The molecule has 3 aliphatic heterocycles. The Balaban J connectivity index is 0.000000205. The summed E-state index contributed by atoms with van der Waals surface area (Å²) in [7, 11) is 3.12. The van der Waals surface area contributed by atoms with Gasteiger partial charge >= 0.3 is 0 Å². The molecule has 3 atom stereocenters. The van der Waals surface area contributed by atoms with Crippen molar-refractivity contribution in [2.45, 2.75) is 95.2 Å². The fourth-order valence-electron chi connectivity index (χ4n) is 15.4. The van der Waals surface area contributed by atoms with E-state index in [1.807, 2.05) is 30.3 Å². The topological polar surface area (TPSA) is 343 Å². The van der Waals surface area contributed by atoms with Gasteiger partial charge in [-0.1, -0.05) is 137 Å². The zero-order chi connectivity index (χ0) is 95.1. The highest BCUT2D eigenvalue weighted by Gasteiger charge is 2.44. The van der Waals surface area contributed by atoms with Gasteiger partial charge in [0.15, 0.2) is 0 Å². The fourth-order valence-corrected chi connectivity index (χ4v) is 16.4. The third kappa shape index (κ3) is 30.8. The molecule has 6 N–H and O–H groups in total. The molecule has 0 saturated carbocycles. The number of carbonyl (C=O) groups excluding carboxylic acids is 12. The Kier molecular flexibility index (Phi) is 38.2. The number of primary amides is 3. The number of benzene rings is 8. The molecule has 3 aliphatic rings. The Hall–Kier alpha value is -13.0. The van der Waals surface area contributed by atoms with Crippen LogP contribution in [0.15, 0.2) is 206 Å². The van der Waals surface area contributed by atoms with Crippen LogP contribution in [0.5, 0.6) is 11.5 Å². The molecule has 3 unspecified atom stereocenters. The third-order valence-corrected chi connectivity index (χ3v) is 23.8. The summed E-state index contributed by atoms with van der Waals surface area (Å²) in [6.45, 7) is -0.564. The number of hydrogen-bond acceptors (Lipinski definition) is 15. The first kappa shape index (κ1) is 101. The Morgan fingerprint density at radius 3 is 0.917 bits per heavy atom. The van der Waals surface area contributed by atoms with Crippen LogP contribution in [-0.4, -0.2) is 250 Å². The van der Waals surface area contributed by atoms with Gasteiger partial charge in [0.2, 0.25) is 70.9 Å². The van der Waals surface area contributed by atoms with Crippen LogP contribution in [0.4, 0.5) is 17.6 Å². The zero-order valence-electron chi connectivity index (χ0n) is 72.9. The number of nitrogens with two attached hydrogens (primary N) is 3. The quantitative estimate of drug-likeness (QED) is 0.0303. The van der Waals surface area contributed by atoms with Crippen LogP contribution >= 0.6 is 46.4 Å². The maximum Gasteiger partial charge on any atom is 0.246 e. The Morgan fingerprint density at radius 1 is 0.356 bits per heavy atom. The van der Waals surface area contributed by atoms with Gasteiger partial charge in [-0.15, -0.1) is 0 Å². The Bertz CT molecular complexity index is 5490. The number of rotatable bonds is 38. The number of carbonyl (C=O) groups is 12. The number of pyridine rings is 1. The van der Waals surface area contributed by atoms with Crippen LogP contribution in [0.3, 0.4) is 0 Å². The number of ether oxygens (including phenoxy) is 2. The predicted molar refractivity (Wildman–Crippen MR) is 490 cm³/mol. The molecular weight excluding hydrogens is 1790 g/mol. The molecular formula is C97H103Cl4F4N13O14. The molecule has 1 aromatic heterocycles. The molecule has 35 heteroatoms. The van der Waals surface area contributed by atoms with E-state index in [1.165, 1.54) is 92.6 Å². The largest absolute Gasteiger partial charge is 0.497 e. The molecule has 27 nitrogen and oxygen atoms in total. The first-order chi connectivity index (χ1) is 63.3. The number of hydrogen-bond donors (Lipinski definition) is 3. The Morgan fingerprint density at radius 2 is 0.636 bits per heavy atom. The summed E-state index contributed by atoms with van der Waals surface area (Å²) in [6.07, 6.45) is 4.05. The highest BCUT2D eigenvalue weighted by Crippen LogP contribution is 2.29. The monoisotopic (exact) mass is 1890 g/mol. The summed E-state index contributed by atoms with van der Waals surface area (Å²) in [5.41, 5.74) is 23.6. The summed E-state index contributed by atoms with van der Waals surface area (Å²) >= 11 is 24.7. The standard InChI is InChI=1S/C33H35Cl2FN4O5.C33H36F2N4O5.C31H32Cl2FN5O4/c1-45-27-10-4-23(5-11-27)12-15-39(20-30(37)41)33(44)29-19-31(42)38(16-14-24-6-7-25(34)18-28(24)35)21-32(43)40(29)17-13-22-2-8-26(36)9-3-22;1-44-28-12-6-25(7-13-28)15-18-38(21-30(36)40)33(43)29-20-31(41)37(17-14-23-2-8-26(34)9-3-23)22-32(42)39(29)19-16-24-4-10-27(35)11-5-24;32-23-7-6-22(26(33)17-23)11-14-37-20-30(42)39(16-10-21-4-8-24(34)9-5-21)27(18-29(37)41)31(43)38(19-28(35)40)15-12-25-3-1-2-13-36-25/h2-11,18,29H,12-17,19-21H2,1H3,(H2,37,41);2-13,29H,14-22H2,1H3,(H2,36,40);1-9,13,17,27H,10-12,14-16,18-20H2,(H2,35,40). The van der Waals surface area contributed by atoms with Crippen LogP contribution in [0.25, 0.3) is 0 Å². The highest BCUT2D eigenvalue weighted by atomic mass is 35.5. The minimum absolute atomic E-state index is 0.100. The maximum atomic E-state index is 14.1. The number of halogens is 8. The first-order valence-electron chi connectivity index (χ1n) is 42.7. The molecule has 0 radical (unpaired) electrons. The van der Waals surface area contributed by atoms with Crippen molar-refractivity contribution in [3.63, 3.8) is 0 Å². The second-order valence-corrected chi connectivity index (χ2v) is 33.5. The number of aromatic nitrogens is 1. The molecule has 8 aromatic carbocycles. The summed E-state index contributed by atoms with van der Waals surface area (Å²) < 4.78 is 64.2. The molecule has 0 bridgehead atoms. The van der Waals surface area contributed by atoms with Crippen LogP contribution in [-0.2, 0) is 115 Å². The SMILES string of the molecule is COc1ccc(CCN(CC(N)=O)C(=O)C2CC(=O)N(CCc3ccc(Cl)cc3Cl)CC(=O)N2CCc2ccc(F)cc2)cc1.COc1ccc(CCN(CC(N)=O)C(=O)C2CC(=O)N(CCc3ccc(F)cc3)CC(=O)N2CCc2ccc(F)cc2)cc1.NC(=O)CN(CCc1ccccn1)C(=O)C1CC(=O)N(CCc2ccc(Cl)cc2Cl)CC(=O)N1CCc1ccc(F)cc1. The van der Waals surface area contributed by atoms with E-state index in [-0.39, 0.29) is 141 Å². The lowest BCUT2D eigenvalue weighted by atomic mass is 10.1. The van der Waals surface area contributed by atoms with Gasteiger partial charge in [0.25, 0.3) is 0 Å². The summed E-state index contributed by atoms with van der Waals surface area (Å²) in [4.78, 5) is 176. The van der Waals surface area contributed by atoms with Gasteiger partial charge in [-0.3, -0.25) is 62.5 Å². The van der Waals surface area contributed by atoms with Crippen LogP contribution in [0.2, 0.25) is 20.1 Å². The predicted octanol–water partition coefficient (Wildman–Crippen LogP) is 9.96. The third-order valence-electron chi connectivity index (χ3n) is 22.7. The van der Waals surface area contributed by atoms with E-state index in [2.05, 4.69) is 4.98 Å². The molecule has 4 heterocycles. The average Bonchev–Trinajstić information content (AvgIpc) is 1.66. The lowest BCUT2D eigenvalue weighted by Crippen LogP contribution is -2.53. The first-order valence-corrected chi connectivity index (χ1v) is 44.2. The summed E-state index contributed by atoms with van der Waals surface area (Å²) in [5.74, 6) is -6.45. The van der Waals surface area contributed by atoms with Crippen LogP contribution < -0.4 is 26.7 Å². The van der Waals surface area contributed by atoms with E-state index >= 15 is 0 Å². The second-order valence-electron chi connectivity index (χ2n) is 31.8. The minimum Gasteiger partial charge on any atom is -0.497 e. The molecule has 12 amide bonds. The molecule has 3 saturated heterocycles. The summed E-state index contributed by atoms with van der Waals surface area (Å²) in [6, 6.07) is 50.0. The fraction of sp³-hybridized carbons (Fsp3) is 0.330. The van der Waals surface area contributed by atoms with Crippen molar-refractivity contribution in [1.29, 1.82) is 0 Å².